The number of hydrogen-bond acceptors (Lipinski definition) is 10. The third-order valence-electron chi connectivity index (χ3n) is 5.65. The number of anilines is 1. The van der Waals surface area contributed by atoms with Crippen molar-refractivity contribution >= 4 is 17.1 Å². The Kier molecular flexibility index (Phi) is 9.60. The van der Waals surface area contributed by atoms with E-state index < -0.39 is 41.5 Å². The van der Waals surface area contributed by atoms with Gasteiger partial charge in [-0.25, -0.2) is 0 Å². The Balaban J connectivity index is 1.69. The molecule has 2 rings (SSSR count). The highest BCUT2D eigenvalue weighted by Crippen LogP contribution is 2.30. The fourth-order valence-corrected chi connectivity index (χ4v) is 3.76. The van der Waals surface area contributed by atoms with E-state index in [9.17, 15) is 35.6 Å². The van der Waals surface area contributed by atoms with Gasteiger partial charge in [0.25, 0.3) is 5.69 Å². The molecule has 0 saturated heterocycles. The molecule has 5 atom stereocenters. The van der Waals surface area contributed by atoms with E-state index in [1.54, 1.807) is 0 Å². The number of benzene rings is 1. The lowest BCUT2D eigenvalue weighted by molar-refractivity contribution is -0.383. The molecule has 1 fully saturated rings. The molecule has 13 nitrogen and oxygen atoms in total. The summed E-state index contributed by atoms with van der Waals surface area (Å²) in [4.78, 5) is 13.3. The molecule has 1 aliphatic carbocycles. The van der Waals surface area contributed by atoms with Crippen LogP contribution >= 0.6 is 0 Å². The standard InChI is InChI=1S/C19H30N6O7/c20-24-23-12-5-6-13(15(9-12)25(31)32)21-7-3-1-2-4-8-22-14-10-19(30,11-26)18(29)17(28)16(14)27/h5-6,9,14,16-18,21-22,26-30H,1-4,7-8,10-11H2/t14-,16-,17+,18-,19-/m0/s1. The topological polar surface area (TPSA) is 217 Å². The van der Waals surface area contributed by atoms with Crippen LogP contribution in [0.15, 0.2) is 23.3 Å². The van der Waals surface area contributed by atoms with Gasteiger partial charge in [0, 0.05) is 29.3 Å². The van der Waals surface area contributed by atoms with Crippen molar-refractivity contribution in [1.29, 1.82) is 0 Å². The van der Waals surface area contributed by atoms with E-state index in [4.69, 9.17) is 5.53 Å². The van der Waals surface area contributed by atoms with E-state index in [0.29, 0.717) is 18.8 Å². The molecule has 1 aromatic rings. The summed E-state index contributed by atoms with van der Waals surface area (Å²) in [5, 5.41) is 69.9. The maximum atomic E-state index is 11.2. The van der Waals surface area contributed by atoms with Gasteiger partial charge in [-0.2, -0.15) is 0 Å². The van der Waals surface area contributed by atoms with E-state index in [-0.39, 0.29) is 17.8 Å². The van der Waals surface area contributed by atoms with E-state index in [1.807, 2.05) is 0 Å². The highest BCUT2D eigenvalue weighted by Gasteiger charge is 2.50. The van der Waals surface area contributed by atoms with Crippen LogP contribution in [0, 0.1) is 10.1 Å². The SMILES string of the molecule is [N-]=[N+]=Nc1ccc(NCCCCCCN[C@H]2C[C@](O)(CO)[C@@H](O)[C@H](O)[C@H]2O)c([N+](=O)[O-])c1. The monoisotopic (exact) mass is 454 g/mol. The average molecular weight is 454 g/mol. The number of nitrogens with zero attached hydrogens (tertiary/aromatic N) is 4. The van der Waals surface area contributed by atoms with Gasteiger partial charge in [-0.1, -0.05) is 24.0 Å². The van der Waals surface area contributed by atoms with E-state index in [1.165, 1.54) is 18.2 Å². The van der Waals surface area contributed by atoms with Gasteiger partial charge in [-0.3, -0.25) is 10.1 Å². The molecule has 0 amide bonds. The van der Waals surface area contributed by atoms with Crippen molar-refractivity contribution in [3.8, 4) is 0 Å². The van der Waals surface area contributed by atoms with Crippen LogP contribution in [0.1, 0.15) is 32.1 Å². The van der Waals surface area contributed by atoms with Crippen LogP contribution in [0.4, 0.5) is 17.1 Å². The number of nitrogens with one attached hydrogen (secondary N) is 2. The molecule has 1 aliphatic rings. The molecular formula is C19H30N6O7. The molecule has 0 spiro atoms. The highest BCUT2D eigenvalue weighted by molar-refractivity contribution is 5.66. The first-order chi connectivity index (χ1) is 15.2. The fourth-order valence-electron chi connectivity index (χ4n) is 3.76. The van der Waals surface area contributed by atoms with Crippen molar-refractivity contribution in [2.45, 2.75) is 62.1 Å². The minimum Gasteiger partial charge on any atom is -0.393 e. The Labute approximate surface area is 184 Å². The van der Waals surface area contributed by atoms with Gasteiger partial charge in [0.1, 0.15) is 23.5 Å². The van der Waals surface area contributed by atoms with Crippen LogP contribution in [-0.2, 0) is 0 Å². The lowest BCUT2D eigenvalue weighted by Crippen LogP contribution is -2.66. The minimum atomic E-state index is -1.87. The number of aliphatic hydroxyl groups excluding tert-OH is 4. The Morgan fingerprint density at radius 3 is 2.50 bits per heavy atom. The molecule has 0 heterocycles. The predicted molar refractivity (Wildman–Crippen MR) is 115 cm³/mol. The van der Waals surface area contributed by atoms with E-state index in [0.717, 1.165) is 25.7 Å². The summed E-state index contributed by atoms with van der Waals surface area (Å²) in [7, 11) is 0. The van der Waals surface area contributed by atoms with Crippen LogP contribution in [0.25, 0.3) is 10.4 Å². The maximum absolute atomic E-state index is 11.2. The zero-order valence-electron chi connectivity index (χ0n) is 17.5. The van der Waals surface area contributed by atoms with Crippen LogP contribution in [0.2, 0.25) is 0 Å². The Morgan fingerprint density at radius 1 is 1.19 bits per heavy atom. The van der Waals surface area contributed by atoms with E-state index >= 15 is 0 Å². The molecule has 7 N–H and O–H groups in total. The molecule has 32 heavy (non-hydrogen) atoms. The second-order valence-corrected chi connectivity index (χ2v) is 7.94. The molecule has 1 aromatic carbocycles. The van der Waals surface area contributed by atoms with Crippen molar-refractivity contribution in [3.05, 3.63) is 38.8 Å². The van der Waals surface area contributed by atoms with E-state index in [2.05, 4.69) is 20.7 Å². The summed E-state index contributed by atoms with van der Waals surface area (Å²) in [6, 6.07) is 3.54. The number of nitro groups is 1. The third kappa shape index (κ3) is 6.50. The minimum absolute atomic E-state index is 0.0932. The lowest BCUT2D eigenvalue weighted by Gasteiger charge is -2.45. The smallest absolute Gasteiger partial charge is 0.292 e. The van der Waals surface area contributed by atoms with Gasteiger partial charge in [0.05, 0.1) is 17.6 Å². The molecule has 178 valence electrons. The summed E-state index contributed by atoms with van der Waals surface area (Å²) in [5.41, 5.74) is 6.91. The average Bonchev–Trinajstić information content (AvgIpc) is 2.78. The lowest BCUT2D eigenvalue weighted by atomic mass is 9.76. The second kappa shape index (κ2) is 11.9. The molecule has 0 unspecified atom stereocenters. The van der Waals surface area contributed by atoms with Crippen LogP contribution in [0.5, 0.6) is 0 Å². The molecule has 0 aromatic heterocycles. The van der Waals surface area contributed by atoms with Crippen molar-refractivity contribution < 1.29 is 30.5 Å². The quantitative estimate of drug-likeness (QED) is 0.0588. The molecule has 0 radical (unpaired) electrons. The van der Waals surface area contributed by atoms with Crippen molar-refractivity contribution in [1.82, 2.24) is 5.32 Å². The number of azide groups is 1. The Hall–Kier alpha value is -2.51. The van der Waals surface area contributed by atoms with Crippen molar-refractivity contribution in [2.24, 2.45) is 5.11 Å². The molecule has 0 aliphatic heterocycles. The first-order valence-corrected chi connectivity index (χ1v) is 10.4. The molecule has 1 saturated carbocycles. The van der Waals surface area contributed by atoms with Crippen LogP contribution in [0.3, 0.4) is 0 Å². The summed E-state index contributed by atoms with van der Waals surface area (Å²) < 4.78 is 0. The van der Waals surface area contributed by atoms with Gasteiger partial charge < -0.3 is 36.2 Å². The summed E-state index contributed by atoms with van der Waals surface area (Å²) in [6.07, 6.45) is -1.35. The zero-order chi connectivity index (χ0) is 23.7. The van der Waals surface area contributed by atoms with Gasteiger partial charge in [-0.05, 0) is 37.4 Å². The van der Waals surface area contributed by atoms with Crippen molar-refractivity contribution in [3.63, 3.8) is 0 Å². The normalized spacial score (nSPS) is 27.5. The number of nitro benzene ring substituents is 1. The Bertz CT molecular complexity index is 821. The first-order valence-electron chi connectivity index (χ1n) is 10.4. The van der Waals surface area contributed by atoms with Gasteiger partial charge >= 0.3 is 0 Å². The maximum Gasteiger partial charge on any atom is 0.292 e. The van der Waals surface area contributed by atoms with Crippen LogP contribution in [-0.4, -0.2) is 80.1 Å². The highest BCUT2D eigenvalue weighted by atomic mass is 16.6. The first kappa shape index (κ1) is 25.7. The number of hydrogen-bond donors (Lipinski definition) is 7. The Morgan fingerprint density at radius 2 is 1.88 bits per heavy atom. The summed E-state index contributed by atoms with van der Waals surface area (Å²) in [5.74, 6) is 0. The number of rotatable bonds is 12. The number of aliphatic hydroxyl groups is 5. The van der Waals surface area contributed by atoms with Gasteiger partial charge in [-0.15, -0.1) is 0 Å². The zero-order valence-corrected chi connectivity index (χ0v) is 17.5. The van der Waals surface area contributed by atoms with Gasteiger partial charge in [0.2, 0.25) is 0 Å². The second-order valence-electron chi connectivity index (χ2n) is 7.94. The largest absolute Gasteiger partial charge is 0.393 e. The summed E-state index contributed by atoms with van der Waals surface area (Å²) in [6.45, 7) is 0.297. The predicted octanol–water partition coefficient (Wildman–Crippen LogP) is 0.677. The van der Waals surface area contributed by atoms with Gasteiger partial charge in [0.15, 0.2) is 0 Å². The summed E-state index contributed by atoms with van der Waals surface area (Å²) >= 11 is 0. The van der Waals surface area contributed by atoms with Crippen molar-refractivity contribution in [2.75, 3.05) is 25.0 Å². The molecule has 13 heteroatoms. The molecule has 0 bridgehead atoms. The van der Waals surface area contributed by atoms with Crippen LogP contribution < -0.4 is 10.6 Å². The third-order valence-corrected chi connectivity index (χ3v) is 5.65. The fraction of sp³-hybridized carbons (Fsp3) is 0.684. The number of unbranched alkanes of at least 4 members (excludes halogenated alkanes) is 3. The molecular weight excluding hydrogens is 424 g/mol.